The van der Waals surface area contributed by atoms with E-state index in [2.05, 4.69) is 6.92 Å². The fraction of sp³-hybridized carbons (Fsp3) is 0.636. The Balaban J connectivity index is 2.16. The van der Waals surface area contributed by atoms with Crippen molar-refractivity contribution in [3.8, 4) is 0 Å². The molecule has 1 aromatic rings. The zero-order valence-corrected chi connectivity index (χ0v) is 8.12. The van der Waals surface area contributed by atoms with Crippen LogP contribution in [0.15, 0.2) is 23.0 Å². The number of rotatable bonds is 2. The Morgan fingerprint density at radius 3 is 2.69 bits per heavy atom. The van der Waals surface area contributed by atoms with Crippen LogP contribution in [0.25, 0.3) is 0 Å². The summed E-state index contributed by atoms with van der Waals surface area (Å²) in [6, 6.07) is 2.13. The van der Waals surface area contributed by atoms with Gasteiger partial charge in [0.1, 0.15) is 0 Å². The lowest BCUT2D eigenvalue weighted by Crippen LogP contribution is -2.28. The van der Waals surface area contributed by atoms with Gasteiger partial charge in [0.05, 0.1) is 12.5 Å². The third-order valence-electron chi connectivity index (χ3n) is 3.40. The van der Waals surface area contributed by atoms with Crippen LogP contribution in [0.1, 0.15) is 44.2 Å². The first-order chi connectivity index (χ1) is 6.22. The molecule has 0 bridgehead atoms. The Kier molecular flexibility index (Phi) is 2.16. The Labute approximate surface area is 79.1 Å². The molecule has 0 aliphatic heterocycles. The van der Waals surface area contributed by atoms with Gasteiger partial charge in [-0.1, -0.05) is 19.8 Å². The topological polar surface area (TPSA) is 39.2 Å². The molecule has 0 amide bonds. The van der Waals surface area contributed by atoms with Gasteiger partial charge >= 0.3 is 0 Å². The predicted octanol–water partition coefficient (Wildman–Crippen LogP) is 2.86. The van der Waals surface area contributed by atoms with Crippen molar-refractivity contribution in [2.45, 2.75) is 38.6 Å². The summed E-state index contributed by atoms with van der Waals surface area (Å²) in [6.45, 7) is 2.29. The van der Waals surface area contributed by atoms with Crippen LogP contribution in [0.2, 0.25) is 0 Å². The second-order valence-corrected chi connectivity index (χ2v) is 4.40. The van der Waals surface area contributed by atoms with Gasteiger partial charge < -0.3 is 10.2 Å². The molecule has 0 spiro atoms. The summed E-state index contributed by atoms with van der Waals surface area (Å²) in [6.07, 6.45) is 8.62. The minimum absolute atomic E-state index is 0.147. The van der Waals surface area contributed by atoms with Crippen molar-refractivity contribution >= 4 is 0 Å². The molecule has 0 aromatic carbocycles. The smallest absolute Gasteiger partial charge is 0.0950 e. The Bertz CT molecular complexity index is 260. The molecule has 0 saturated heterocycles. The normalized spacial score (nSPS) is 23.2. The molecule has 72 valence electrons. The van der Waals surface area contributed by atoms with Gasteiger partial charge in [-0.15, -0.1) is 0 Å². The molecule has 1 fully saturated rings. The maximum atomic E-state index is 6.22. The van der Waals surface area contributed by atoms with E-state index >= 15 is 0 Å². The van der Waals surface area contributed by atoms with Gasteiger partial charge in [0, 0.05) is 11.6 Å². The summed E-state index contributed by atoms with van der Waals surface area (Å²) in [5.74, 6) is 0. The van der Waals surface area contributed by atoms with Crippen molar-refractivity contribution < 1.29 is 4.42 Å². The highest BCUT2D eigenvalue weighted by atomic mass is 16.3. The average Bonchev–Trinajstić information content (AvgIpc) is 2.73. The van der Waals surface area contributed by atoms with Gasteiger partial charge in [0.15, 0.2) is 0 Å². The van der Waals surface area contributed by atoms with E-state index in [0.29, 0.717) is 5.41 Å². The molecule has 1 aromatic heterocycles. The van der Waals surface area contributed by atoms with Crippen molar-refractivity contribution in [2.75, 3.05) is 0 Å². The van der Waals surface area contributed by atoms with E-state index in [0.717, 1.165) is 5.56 Å². The van der Waals surface area contributed by atoms with E-state index in [1.807, 2.05) is 6.07 Å². The average molecular weight is 179 g/mol. The molecule has 1 atom stereocenters. The first-order valence-corrected chi connectivity index (χ1v) is 5.00. The summed E-state index contributed by atoms with van der Waals surface area (Å²) in [7, 11) is 0. The van der Waals surface area contributed by atoms with Crippen LogP contribution >= 0.6 is 0 Å². The largest absolute Gasteiger partial charge is 0.472 e. The molecule has 1 saturated carbocycles. The first-order valence-electron chi connectivity index (χ1n) is 5.00. The fourth-order valence-corrected chi connectivity index (χ4v) is 2.35. The summed E-state index contributed by atoms with van der Waals surface area (Å²) < 4.78 is 5.06. The second kappa shape index (κ2) is 3.18. The molecule has 1 unspecified atom stereocenters. The standard InChI is InChI=1S/C11H17NO/c1-11(5-2-3-6-11)10(12)9-4-7-13-8-9/h4,7-8,10H,2-3,5-6,12H2,1H3. The van der Waals surface area contributed by atoms with E-state index in [1.165, 1.54) is 25.7 Å². The van der Waals surface area contributed by atoms with E-state index in [-0.39, 0.29) is 6.04 Å². The highest BCUT2D eigenvalue weighted by Crippen LogP contribution is 2.45. The maximum Gasteiger partial charge on any atom is 0.0950 e. The van der Waals surface area contributed by atoms with E-state index in [9.17, 15) is 0 Å². The SMILES string of the molecule is CC1(C(N)c2ccoc2)CCCC1. The Morgan fingerprint density at radius 1 is 1.46 bits per heavy atom. The van der Waals surface area contributed by atoms with Crippen molar-refractivity contribution in [1.29, 1.82) is 0 Å². The van der Waals surface area contributed by atoms with E-state index in [4.69, 9.17) is 10.2 Å². The van der Waals surface area contributed by atoms with Crippen LogP contribution in [-0.4, -0.2) is 0 Å². The molecule has 0 radical (unpaired) electrons. The molecule has 1 aliphatic carbocycles. The van der Waals surface area contributed by atoms with Crippen molar-refractivity contribution in [2.24, 2.45) is 11.1 Å². The summed E-state index contributed by atoms with van der Waals surface area (Å²) in [5.41, 5.74) is 7.66. The van der Waals surface area contributed by atoms with Crippen LogP contribution in [0.3, 0.4) is 0 Å². The number of furan rings is 1. The molecule has 2 rings (SSSR count). The lowest BCUT2D eigenvalue weighted by atomic mass is 9.78. The molecule has 2 nitrogen and oxygen atoms in total. The first kappa shape index (κ1) is 8.82. The van der Waals surface area contributed by atoms with Gasteiger partial charge in [-0.05, 0) is 24.3 Å². The van der Waals surface area contributed by atoms with Crippen LogP contribution in [0.4, 0.5) is 0 Å². The quantitative estimate of drug-likeness (QED) is 0.758. The predicted molar refractivity (Wildman–Crippen MR) is 52.2 cm³/mol. The number of nitrogens with two attached hydrogens (primary N) is 1. The minimum Gasteiger partial charge on any atom is -0.472 e. The molecule has 2 N–H and O–H groups in total. The van der Waals surface area contributed by atoms with Crippen LogP contribution in [0.5, 0.6) is 0 Å². The minimum atomic E-state index is 0.147. The van der Waals surface area contributed by atoms with Crippen LogP contribution < -0.4 is 5.73 Å². The highest BCUT2D eigenvalue weighted by molar-refractivity contribution is 5.15. The van der Waals surface area contributed by atoms with Gasteiger partial charge in [-0.3, -0.25) is 0 Å². The van der Waals surface area contributed by atoms with Gasteiger partial charge in [0.25, 0.3) is 0 Å². The van der Waals surface area contributed by atoms with Crippen molar-refractivity contribution in [3.05, 3.63) is 24.2 Å². The van der Waals surface area contributed by atoms with Gasteiger partial charge in [0.2, 0.25) is 0 Å². The lowest BCUT2D eigenvalue weighted by Gasteiger charge is -2.30. The lowest BCUT2D eigenvalue weighted by molar-refractivity contribution is 0.264. The van der Waals surface area contributed by atoms with E-state index < -0.39 is 0 Å². The third-order valence-corrected chi connectivity index (χ3v) is 3.40. The molecular formula is C11H17NO. The van der Waals surface area contributed by atoms with Crippen LogP contribution in [0, 0.1) is 5.41 Å². The Morgan fingerprint density at radius 2 is 2.15 bits per heavy atom. The third kappa shape index (κ3) is 1.51. The fourth-order valence-electron chi connectivity index (χ4n) is 2.35. The summed E-state index contributed by atoms with van der Waals surface area (Å²) in [4.78, 5) is 0. The summed E-state index contributed by atoms with van der Waals surface area (Å²) in [5, 5.41) is 0. The molecule has 1 aliphatic rings. The molecular weight excluding hydrogens is 162 g/mol. The molecule has 2 heteroatoms. The maximum absolute atomic E-state index is 6.22. The van der Waals surface area contributed by atoms with Gasteiger partial charge in [-0.25, -0.2) is 0 Å². The zero-order valence-electron chi connectivity index (χ0n) is 8.12. The number of hydrogen-bond donors (Lipinski definition) is 1. The highest BCUT2D eigenvalue weighted by Gasteiger charge is 2.35. The zero-order chi connectivity index (χ0) is 9.31. The summed E-state index contributed by atoms with van der Waals surface area (Å²) >= 11 is 0. The molecule has 1 heterocycles. The van der Waals surface area contributed by atoms with E-state index in [1.54, 1.807) is 12.5 Å². The van der Waals surface area contributed by atoms with Crippen molar-refractivity contribution in [1.82, 2.24) is 0 Å². The number of hydrogen-bond acceptors (Lipinski definition) is 2. The van der Waals surface area contributed by atoms with Crippen LogP contribution in [-0.2, 0) is 0 Å². The van der Waals surface area contributed by atoms with Crippen molar-refractivity contribution in [3.63, 3.8) is 0 Å². The monoisotopic (exact) mass is 179 g/mol. The Hall–Kier alpha value is -0.760. The molecule has 13 heavy (non-hydrogen) atoms. The van der Waals surface area contributed by atoms with Gasteiger partial charge in [-0.2, -0.15) is 0 Å². The second-order valence-electron chi connectivity index (χ2n) is 4.40.